The van der Waals surface area contributed by atoms with Gasteiger partial charge in [0.05, 0.1) is 5.25 Å². The first kappa shape index (κ1) is 20.1. The third-order valence-electron chi connectivity index (χ3n) is 4.49. The summed E-state index contributed by atoms with van der Waals surface area (Å²) < 4.78 is 0.845. The lowest BCUT2D eigenvalue weighted by Crippen LogP contribution is -2.50. The fourth-order valence-corrected chi connectivity index (χ4v) is 4.99. The van der Waals surface area contributed by atoms with Gasteiger partial charge in [-0.3, -0.25) is 9.69 Å². The van der Waals surface area contributed by atoms with Gasteiger partial charge in [0, 0.05) is 39.3 Å². The van der Waals surface area contributed by atoms with Gasteiger partial charge in [0.1, 0.15) is 0 Å². The Balaban J connectivity index is 1.45. The molecule has 1 amide bonds. The Labute approximate surface area is 169 Å². The van der Waals surface area contributed by atoms with Gasteiger partial charge in [-0.15, -0.1) is 10.2 Å². The molecule has 1 atom stereocenters. The molecule has 0 bridgehead atoms. The number of thioether (sulfide) groups is 1. The van der Waals surface area contributed by atoms with E-state index in [1.807, 2.05) is 17.9 Å². The number of nitrogens with zero attached hydrogens (tertiary/aromatic N) is 4. The highest BCUT2D eigenvalue weighted by molar-refractivity contribution is 8.02. The monoisotopic (exact) mass is 405 g/mol. The molecule has 1 fully saturated rings. The smallest absolute Gasteiger partial charge is 0.235 e. The highest BCUT2D eigenvalue weighted by atomic mass is 32.2. The fourth-order valence-electron chi connectivity index (χ4n) is 2.99. The molecule has 2 heterocycles. The summed E-state index contributed by atoms with van der Waals surface area (Å²) in [6, 6.07) is 10.5. The average molecular weight is 406 g/mol. The molecule has 1 aliphatic heterocycles. The molecule has 1 aromatic heterocycles. The van der Waals surface area contributed by atoms with E-state index < -0.39 is 0 Å². The zero-order valence-corrected chi connectivity index (χ0v) is 17.6. The van der Waals surface area contributed by atoms with E-state index in [1.165, 1.54) is 28.7 Å². The van der Waals surface area contributed by atoms with E-state index >= 15 is 0 Å². The number of hydrogen-bond donors (Lipinski definition) is 1. The Morgan fingerprint density at radius 1 is 1.22 bits per heavy atom. The molecule has 2 aromatic rings. The van der Waals surface area contributed by atoms with Crippen molar-refractivity contribution in [2.24, 2.45) is 0 Å². The minimum absolute atomic E-state index is 0.141. The van der Waals surface area contributed by atoms with E-state index in [4.69, 9.17) is 0 Å². The molecule has 1 N–H and O–H groups in total. The zero-order chi connectivity index (χ0) is 19.1. The lowest BCUT2D eigenvalue weighted by atomic mass is 10.2. The number of benzene rings is 1. The Morgan fingerprint density at radius 3 is 2.67 bits per heavy atom. The van der Waals surface area contributed by atoms with E-state index in [2.05, 4.69) is 51.6 Å². The SMILES string of the molecule is CCCNc1nnc(SC(C)C(=O)N2CCN(Cc3ccccc3)CC2)s1. The van der Waals surface area contributed by atoms with Crippen molar-refractivity contribution < 1.29 is 4.79 Å². The van der Waals surface area contributed by atoms with Crippen LogP contribution in [0, 0.1) is 0 Å². The fraction of sp³-hybridized carbons (Fsp3) is 0.526. The number of amides is 1. The van der Waals surface area contributed by atoms with Crippen LogP contribution in [-0.2, 0) is 11.3 Å². The first-order chi connectivity index (χ1) is 13.2. The van der Waals surface area contributed by atoms with Gasteiger partial charge in [0.25, 0.3) is 0 Å². The third kappa shape index (κ3) is 5.92. The molecule has 1 saturated heterocycles. The number of piperazine rings is 1. The topological polar surface area (TPSA) is 61.4 Å². The van der Waals surface area contributed by atoms with E-state index in [0.717, 1.165) is 55.2 Å². The van der Waals surface area contributed by atoms with Crippen LogP contribution in [0.25, 0.3) is 0 Å². The molecule has 6 nitrogen and oxygen atoms in total. The summed E-state index contributed by atoms with van der Waals surface area (Å²) in [6.45, 7) is 9.33. The molecule has 0 aliphatic carbocycles. The Morgan fingerprint density at radius 2 is 1.96 bits per heavy atom. The van der Waals surface area contributed by atoms with Crippen LogP contribution >= 0.6 is 23.1 Å². The van der Waals surface area contributed by atoms with E-state index in [-0.39, 0.29) is 11.2 Å². The maximum Gasteiger partial charge on any atom is 0.235 e. The predicted molar refractivity (Wildman–Crippen MR) is 112 cm³/mol. The number of rotatable bonds is 8. The van der Waals surface area contributed by atoms with Crippen LogP contribution in [-0.4, -0.2) is 63.9 Å². The second kappa shape index (κ2) is 10.1. The van der Waals surface area contributed by atoms with Crippen molar-refractivity contribution in [2.75, 3.05) is 38.0 Å². The first-order valence-electron chi connectivity index (χ1n) is 9.45. The van der Waals surface area contributed by atoms with Crippen LogP contribution in [0.1, 0.15) is 25.8 Å². The highest BCUT2D eigenvalue weighted by Gasteiger charge is 2.26. The lowest BCUT2D eigenvalue weighted by molar-refractivity contribution is -0.132. The van der Waals surface area contributed by atoms with Gasteiger partial charge < -0.3 is 10.2 Å². The Kier molecular flexibility index (Phi) is 7.49. The van der Waals surface area contributed by atoms with Crippen molar-refractivity contribution in [3.8, 4) is 0 Å². The van der Waals surface area contributed by atoms with Gasteiger partial charge >= 0.3 is 0 Å². The number of aromatic nitrogens is 2. The Bertz CT molecular complexity index is 716. The zero-order valence-electron chi connectivity index (χ0n) is 15.9. The summed E-state index contributed by atoms with van der Waals surface area (Å²) in [5.41, 5.74) is 1.32. The maximum absolute atomic E-state index is 12.8. The molecular formula is C19H27N5OS2. The number of hydrogen-bond acceptors (Lipinski definition) is 7. The van der Waals surface area contributed by atoms with Gasteiger partial charge in [-0.1, -0.05) is 60.4 Å². The van der Waals surface area contributed by atoms with Gasteiger partial charge in [0.15, 0.2) is 4.34 Å². The van der Waals surface area contributed by atoms with Crippen molar-refractivity contribution in [3.05, 3.63) is 35.9 Å². The van der Waals surface area contributed by atoms with Gasteiger partial charge in [0.2, 0.25) is 11.0 Å². The second-order valence-electron chi connectivity index (χ2n) is 6.65. The minimum Gasteiger partial charge on any atom is -0.360 e. The van der Waals surface area contributed by atoms with Crippen molar-refractivity contribution in [2.45, 2.75) is 36.4 Å². The molecule has 0 radical (unpaired) electrons. The molecule has 1 aliphatic rings. The van der Waals surface area contributed by atoms with E-state index in [1.54, 1.807) is 0 Å². The Hall–Kier alpha value is -1.64. The lowest BCUT2D eigenvalue weighted by Gasteiger charge is -2.35. The van der Waals surface area contributed by atoms with Crippen molar-refractivity contribution >= 4 is 34.1 Å². The van der Waals surface area contributed by atoms with Gasteiger partial charge in [-0.05, 0) is 18.9 Å². The summed E-state index contributed by atoms with van der Waals surface area (Å²) in [4.78, 5) is 17.2. The van der Waals surface area contributed by atoms with Crippen LogP contribution in [0.15, 0.2) is 34.7 Å². The average Bonchev–Trinajstić information content (AvgIpc) is 3.14. The van der Waals surface area contributed by atoms with Crippen LogP contribution in [0.3, 0.4) is 0 Å². The molecule has 0 saturated carbocycles. The van der Waals surface area contributed by atoms with E-state index in [9.17, 15) is 4.79 Å². The highest BCUT2D eigenvalue weighted by Crippen LogP contribution is 2.29. The molecular weight excluding hydrogens is 378 g/mol. The van der Waals surface area contributed by atoms with Gasteiger partial charge in [-0.2, -0.15) is 0 Å². The maximum atomic E-state index is 12.8. The van der Waals surface area contributed by atoms with Gasteiger partial charge in [-0.25, -0.2) is 0 Å². The molecule has 0 spiro atoms. The van der Waals surface area contributed by atoms with Crippen molar-refractivity contribution in [3.63, 3.8) is 0 Å². The third-order valence-corrected chi connectivity index (χ3v) is 6.54. The largest absolute Gasteiger partial charge is 0.360 e. The standard InChI is InChI=1S/C19H27N5OS2/c1-3-9-20-18-21-22-19(27-18)26-15(2)17(25)24-12-10-23(11-13-24)14-16-7-5-4-6-8-16/h4-8,15H,3,9-14H2,1-2H3,(H,20,21). The molecule has 1 unspecified atom stereocenters. The summed E-state index contributed by atoms with van der Waals surface area (Å²) in [6.07, 6.45) is 1.05. The van der Waals surface area contributed by atoms with Crippen LogP contribution in [0.2, 0.25) is 0 Å². The summed E-state index contributed by atoms with van der Waals surface area (Å²) in [7, 11) is 0. The molecule has 1 aromatic carbocycles. The van der Waals surface area contributed by atoms with Crippen LogP contribution in [0.5, 0.6) is 0 Å². The first-order valence-corrected chi connectivity index (χ1v) is 11.1. The van der Waals surface area contributed by atoms with E-state index in [0.29, 0.717) is 0 Å². The number of carbonyl (C=O) groups excluding carboxylic acids is 1. The minimum atomic E-state index is -0.141. The van der Waals surface area contributed by atoms with Crippen LogP contribution in [0.4, 0.5) is 5.13 Å². The molecule has 3 rings (SSSR count). The number of carbonyl (C=O) groups is 1. The van der Waals surface area contributed by atoms with Crippen molar-refractivity contribution in [1.29, 1.82) is 0 Å². The predicted octanol–water partition coefficient (Wildman–Crippen LogP) is 3.19. The molecule has 146 valence electrons. The molecule has 8 heteroatoms. The summed E-state index contributed by atoms with van der Waals surface area (Å²) >= 11 is 3.02. The second-order valence-corrected chi connectivity index (χ2v) is 9.21. The summed E-state index contributed by atoms with van der Waals surface area (Å²) in [5.74, 6) is 0.192. The number of anilines is 1. The normalized spacial score (nSPS) is 16.3. The van der Waals surface area contributed by atoms with Crippen molar-refractivity contribution in [1.82, 2.24) is 20.0 Å². The number of nitrogens with one attached hydrogen (secondary N) is 1. The van der Waals surface area contributed by atoms with Crippen LogP contribution < -0.4 is 5.32 Å². The quantitative estimate of drug-likeness (QED) is 0.681. The molecule has 27 heavy (non-hydrogen) atoms. The summed E-state index contributed by atoms with van der Waals surface area (Å²) in [5, 5.41) is 12.2.